The van der Waals surface area contributed by atoms with E-state index in [9.17, 15) is 13.6 Å². The first-order valence-electron chi connectivity index (χ1n) is 9.43. The Hall–Kier alpha value is -2.28. The molecule has 2 aliphatic carbocycles. The van der Waals surface area contributed by atoms with Gasteiger partial charge >= 0.3 is 0 Å². The maximum atomic E-state index is 13.3. The quantitative estimate of drug-likeness (QED) is 0.839. The van der Waals surface area contributed by atoms with Crippen molar-refractivity contribution in [3.05, 3.63) is 47.8 Å². The summed E-state index contributed by atoms with van der Waals surface area (Å²) >= 11 is 0. The van der Waals surface area contributed by atoms with Gasteiger partial charge in [0.25, 0.3) is 5.91 Å². The number of hydrogen-bond donors (Lipinski definition) is 2. The van der Waals surface area contributed by atoms with Gasteiger partial charge in [-0.05, 0) is 37.0 Å². The van der Waals surface area contributed by atoms with Crippen molar-refractivity contribution in [2.24, 2.45) is 7.05 Å². The molecule has 5 nitrogen and oxygen atoms in total. The highest BCUT2D eigenvalue weighted by molar-refractivity contribution is 6.04. The molecular weight excluding hydrogens is 350 g/mol. The second-order valence-electron chi connectivity index (χ2n) is 7.73. The number of amides is 1. The summed E-state index contributed by atoms with van der Waals surface area (Å²) in [5, 5.41) is 10.4. The zero-order chi connectivity index (χ0) is 19.0. The lowest BCUT2D eigenvalue weighted by Gasteiger charge is -2.29. The number of rotatable bonds is 5. The van der Waals surface area contributed by atoms with Crippen molar-refractivity contribution >= 4 is 11.6 Å². The van der Waals surface area contributed by atoms with Crippen LogP contribution in [-0.2, 0) is 7.05 Å². The lowest BCUT2D eigenvalue weighted by molar-refractivity contribution is -0.0405. The van der Waals surface area contributed by atoms with Crippen molar-refractivity contribution in [2.75, 3.05) is 5.32 Å². The molecule has 1 amide bonds. The van der Waals surface area contributed by atoms with E-state index in [0.29, 0.717) is 36.1 Å². The third-order valence-electron chi connectivity index (χ3n) is 5.50. The minimum absolute atomic E-state index is 0.0218. The molecule has 0 unspecified atom stereocenters. The van der Waals surface area contributed by atoms with E-state index < -0.39 is 5.92 Å². The zero-order valence-corrected chi connectivity index (χ0v) is 15.3. The van der Waals surface area contributed by atoms with Crippen molar-refractivity contribution in [1.82, 2.24) is 15.1 Å². The first kappa shape index (κ1) is 18.1. The summed E-state index contributed by atoms with van der Waals surface area (Å²) < 4.78 is 28.2. The SMILES string of the molecule is Cn1cc(NC(=O)c2cccc([C@@H]3C[C@H]3NC3CCC(F)(F)CC3)c2)cn1. The number of alkyl halides is 2. The third kappa shape index (κ3) is 4.35. The predicted octanol–water partition coefficient (Wildman–Crippen LogP) is 3.70. The molecule has 4 rings (SSSR count). The summed E-state index contributed by atoms with van der Waals surface area (Å²) in [7, 11) is 1.80. The first-order chi connectivity index (χ1) is 12.9. The maximum absolute atomic E-state index is 13.3. The number of halogens is 2. The van der Waals surface area contributed by atoms with Crippen molar-refractivity contribution in [3.63, 3.8) is 0 Å². The Balaban J connectivity index is 1.34. The van der Waals surface area contributed by atoms with Gasteiger partial charge in [0.05, 0.1) is 11.9 Å². The smallest absolute Gasteiger partial charge is 0.255 e. The van der Waals surface area contributed by atoms with Crippen molar-refractivity contribution in [2.45, 2.75) is 56.0 Å². The van der Waals surface area contributed by atoms with Gasteiger partial charge in [0.2, 0.25) is 5.92 Å². The van der Waals surface area contributed by atoms with Gasteiger partial charge in [0.1, 0.15) is 0 Å². The number of aryl methyl sites for hydroxylation is 1. The molecule has 0 bridgehead atoms. The number of carbonyl (C=O) groups is 1. The van der Waals surface area contributed by atoms with Crippen LogP contribution in [-0.4, -0.2) is 33.7 Å². The van der Waals surface area contributed by atoms with E-state index >= 15 is 0 Å². The summed E-state index contributed by atoms with van der Waals surface area (Å²) in [6, 6.07) is 8.14. The van der Waals surface area contributed by atoms with Crippen molar-refractivity contribution < 1.29 is 13.6 Å². The van der Waals surface area contributed by atoms with Crippen LogP contribution in [0.5, 0.6) is 0 Å². The molecule has 0 saturated heterocycles. The second-order valence-corrected chi connectivity index (χ2v) is 7.73. The Kier molecular flexibility index (Phi) is 4.72. The Morgan fingerprint density at radius 3 is 2.78 bits per heavy atom. The van der Waals surface area contributed by atoms with Gasteiger partial charge in [-0.1, -0.05) is 12.1 Å². The Labute approximate surface area is 157 Å². The van der Waals surface area contributed by atoms with E-state index in [4.69, 9.17) is 0 Å². The maximum Gasteiger partial charge on any atom is 0.255 e. The molecule has 7 heteroatoms. The van der Waals surface area contributed by atoms with E-state index in [0.717, 1.165) is 12.0 Å². The number of benzene rings is 1. The topological polar surface area (TPSA) is 59.0 Å². The molecule has 2 aromatic rings. The van der Waals surface area contributed by atoms with Crippen LogP contribution in [0.4, 0.5) is 14.5 Å². The van der Waals surface area contributed by atoms with Gasteiger partial charge in [-0.2, -0.15) is 5.10 Å². The van der Waals surface area contributed by atoms with E-state index in [2.05, 4.69) is 15.7 Å². The lowest BCUT2D eigenvalue weighted by atomic mass is 9.92. The molecule has 0 radical (unpaired) electrons. The van der Waals surface area contributed by atoms with Gasteiger partial charge in [0.15, 0.2) is 0 Å². The Bertz CT molecular complexity index is 825. The van der Waals surface area contributed by atoms with Crippen LogP contribution in [0.1, 0.15) is 53.9 Å². The average molecular weight is 374 g/mol. The number of carbonyl (C=O) groups excluding carboxylic acids is 1. The first-order valence-corrected chi connectivity index (χ1v) is 9.43. The molecule has 1 aromatic heterocycles. The number of aromatic nitrogens is 2. The molecule has 2 saturated carbocycles. The Morgan fingerprint density at radius 2 is 2.07 bits per heavy atom. The fraction of sp³-hybridized carbons (Fsp3) is 0.500. The number of anilines is 1. The van der Waals surface area contributed by atoms with E-state index in [1.165, 1.54) is 0 Å². The van der Waals surface area contributed by atoms with E-state index in [-0.39, 0.29) is 24.8 Å². The van der Waals surface area contributed by atoms with Crippen molar-refractivity contribution in [3.8, 4) is 0 Å². The summed E-state index contributed by atoms with van der Waals surface area (Å²) in [5.41, 5.74) is 2.39. The summed E-state index contributed by atoms with van der Waals surface area (Å²) in [5.74, 6) is -2.31. The van der Waals surface area contributed by atoms with Crippen LogP contribution in [0.3, 0.4) is 0 Å². The zero-order valence-electron chi connectivity index (χ0n) is 15.3. The van der Waals surface area contributed by atoms with Gasteiger partial charge in [-0.25, -0.2) is 8.78 Å². The van der Waals surface area contributed by atoms with E-state index in [1.54, 1.807) is 30.2 Å². The number of nitrogens with zero attached hydrogens (tertiary/aromatic N) is 2. The molecule has 2 aliphatic rings. The largest absolute Gasteiger partial charge is 0.319 e. The number of hydrogen-bond acceptors (Lipinski definition) is 3. The molecular formula is C20H24F2N4O. The Morgan fingerprint density at radius 1 is 1.30 bits per heavy atom. The monoisotopic (exact) mass is 374 g/mol. The predicted molar refractivity (Wildman–Crippen MR) is 99.1 cm³/mol. The molecule has 2 fully saturated rings. The minimum Gasteiger partial charge on any atom is -0.319 e. The molecule has 27 heavy (non-hydrogen) atoms. The fourth-order valence-corrected chi connectivity index (χ4v) is 3.86. The summed E-state index contributed by atoms with van der Waals surface area (Å²) in [6.07, 6.45) is 5.36. The second kappa shape index (κ2) is 7.03. The summed E-state index contributed by atoms with van der Waals surface area (Å²) in [4.78, 5) is 12.4. The highest BCUT2D eigenvalue weighted by atomic mass is 19.3. The van der Waals surface area contributed by atoms with Crippen LogP contribution in [0, 0.1) is 0 Å². The van der Waals surface area contributed by atoms with E-state index in [1.807, 2.05) is 18.2 Å². The van der Waals surface area contributed by atoms with Gasteiger partial charge < -0.3 is 10.6 Å². The number of nitrogens with one attached hydrogen (secondary N) is 2. The van der Waals surface area contributed by atoms with Crippen molar-refractivity contribution in [1.29, 1.82) is 0 Å². The van der Waals surface area contributed by atoms with Gasteiger partial charge in [-0.3, -0.25) is 9.48 Å². The van der Waals surface area contributed by atoms with Crippen LogP contribution < -0.4 is 10.6 Å². The molecule has 0 aliphatic heterocycles. The van der Waals surface area contributed by atoms with Crippen LogP contribution in [0.15, 0.2) is 36.7 Å². The standard InChI is InChI=1S/C20H24F2N4O/c1-26-12-16(11-23-26)25-19(27)14-4-2-3-13(9-14)17-10-18(17)24-15-5-7-20(21,22)8-6-15/h2-4,9,11-12,15,17-18,24H,5-8,10H2,1H3,(H,25,27)/t17-,18+/m0/s1. The molecule has 1 aromatic carbocycles. The third-order valence-corrected chi connectivity index (χ3v) is 5.50. The molecule has 144 valence electrons. The minimum atomic E-state index is -2.49. The fourth-order valence-electron chi connectivity index (χ4n) is 3.86. The lowest BCUT2D eigenvalue weighted by Crippen LogP contribution is -2.38. The normalized spacial score (nSPS) is 24.6. The van der Waals surface area contributed by atoms with Crippen LogP contribution in [0.2, 0.25) is 0 Å². The highest BCUT2D eigenvalue weighted by Gasteiger charge is 2.42. The van der Waals surface area contributed by atoms with Crippen LogP contribution in [0.25, 0.3) is 0 Å². The molecule has 2 atom stereocenters. The average Bonchev–Trinajstić information content (AvgIpc) is 3.29. The summed E-state index contributed by atoms with van der Waals surface area (Å²) in [6.45, 7) is 0. The highest BCUT2D eigenvalue weighted by Crippen LogP contribution is 2.43. The molecule has 0 spiro atoms. The van der Waals surface area contributed by atoms with Crippen LogP contribution >= 0.6 is 0 Å². The van der Waals surface area contributed by atoms with Gasteiger partial charge in [0, 0.05) is 49.7 Å². The van der Waals surface area contributed by atoms with Gasteiger partial charge in [-0.15, -0.1) is 0 Å². The molecule has 1 heterocycles. The molecule has 2 N–H and O–H groups in total.